The van der Waals surface area contributed by atoms with E-state index in [1.807, 2.05) is 30.3 Å². The van der Waals surface area contributed by atoms with Crippen molar-refractivity contribution in [3.8, 4) is 0 Å². The number of tetrazole rings is 1. The Morgan fingerprint density at radius 2 is 2.00 bits per heavy atom. The summed E-state index contributed by atoms with van der Waals surface area (Å²) in [6, 6.07) is 11.6. The maximum Gasteiger partial charge on any atom is 0.248 e. The first-order valence-corrected chi connectivity index (χ1v) is 6.25. The molecule has 0 saturated heterocycles. The number of aromatic nitrogens is 6. The van der Waals surface area contributed by atoms with Gasteiger partial charge >= 0.3 is 0 Å². The van der Waals surface area contributed by atoms with Crippen molar-refractivity contribution in [2.24, 2.45) is 0 Å². The van der Waals surface area contributed by atoms with Crippen molar-refractivity contribution < 1.29 is 0 Å². The summed E-state index contributed by atoms with van der Waals surface area (Å²) < 4.78 is 1.64. The van der Waals surface area contributed by atoms with Crippen molar-refractivity contribution in [1.29, 1.82) is 0 Å². The number of anilines is 2. The predicted octanol–water partition coefficient (Wildman–Crippen LogP) is 1.91. The SMILES string of the molecule is Clc1nccc(Nc2nnnn2Cc2ccccc2)n1. The lowest BCUT2D eigenvalue weighted by atomic mass is 10.2. The number of rotatable bonds is 4. The molecule has 0 atom stereocenters. The van der Waals surface area contributed by atoms with Crippen LogP contribution in [0.25, 0.3) is 0 Å². The molecule has 0 aliphatic carbocycles. The van der Waals surface area contributed by atoms with Gasteiger partial charge in [-0.15, -0.1) is 0 Å². The van der Waals surface area contributed by atoms with Gasteiger partial charge in [0.15, 0.2) is 0 Å². The first-order valence-electron chi connectivity index (χ1n) is 5.87. The van der Waals surface area contributed by atoms with Crippen LogP contribution in [0.15, 0.2) is 42.6 Å². The Balaban J connectivity index is 1.80. The summed E-state index contributed by atoms with van der Waals surface area (Å²) in [5.41, 5.74) is 1.10. The molecule has 0 saturated carbocycles. The first-order chi connectivity index (χ1) is 9.81. The highest BCUT2D eigenvalue weighted by atomic mass is 35.5. The van der Waals surface area contributed by atoms with E-state index in [1.54, 1.807) is 16.9 Å². The number of halogens is 1. The Labute approximate surface area is 119 Å². The smallest absolute Gasteiger partial charge is 0.248 e. The standard InChI is InChI=1S/C12H10ClN7/c13-11-14-7-6-10(15-11)16-12-17-18-19-20(12)8-9-4-2-1-3-5-9/h1-7H,8H2,(H,14,15,16,17,19). The van der Waals surface area contributed by atoms with Crippen molar-refractivity contribution in [2.45, 2.75) is 6.54 Å². The summed E-state index contributed by atoms with van der Waals surface area (Å²) in [5.74, 6) is 1.03. The van der Waals surface area contributed by atoms with Crippen molar-refractivity contribution in [2.75, 3.05) is 5.32 Å². The summed E-state index contributed by atoms with van der Waals surface area (Å²) in [7, 11) is 0. The van der Waals surface area contributed by atoms with E-state index in [4.69, 9.17) is 11.6 Å². The fourth-order valence-electron chi connectivity index (χ4n) is 1.68. The zero-order chi connectivity index (χ0) is 13.8. The Kier molecular flexibility index (Phi) is 3.51. The molecule has 7 nitrogen and oxygen atoms in total. The van der Waals surface area contributed by atoms with Crippen molar-refractivity contribution in [3.63, 3.8) is 0 Å². The largest absolute Gasteiger partial charge is 0.307 e. The van der Waals surface area contributed by atoms with Gasteiger partial charge in [-0.2, -0.15) is 0 Å². The Morgan fingerprint density at radius 1 is 1.15 bits per heavy atom. The van der Waals surface area contributed by atoms with Gasteiger partial charge in [-0.25, -0.2) is 14.6 Å². The second-order valence-electron chi connectivity index (χ2n) is 3.98. The monoisotopic (exact) mass is 287 g/mol. The van der Waals surface area contributed by atoms with Crippen LogP contribution in [0.5, 0.6) is 0 Å². The van der Waals surface area contributed by atoms with Gasteiger partial charge in [-0.3, -0.25) is 0 Å². The summed E-state index contributed by atoms with van der Waals surface area (Å²) in [4.78, 5) is 7.85. The lowest BCUT2D eigenvalue weighted by Crippen LogP contribution is -2.07. The van der Waals surface area contributed by atoms with E-state index < -0.39 is 0 Å². The molecular weight excluding hydrogens is 278 g/mol. The lowest BCUT2D eigenvalue weighted by molar-refractivity contribution is 0.654. The van der Waals surface area contributed by atoms with Gasteiger partial charge in [0.2, 0.25) is 11.2 Å². The molecule has 100 valence electrons. The molecule has 0 spiro atoms. The highest BCUT2D eigenvalue weighted by Gasteiger charge is 2.07. The van der Waals surface area contributed by atoms with Crippen LogP contribution >= 0.6 is 11.6 Å². The maximum atomic E-state index is 5.73. The van der Waals surface area contributed by atoms with Gasteiger partial charge in [0.1, 0.15) is 5.82 Å². The van der Waals surface area contributed by atoms with E-state index in [0.29, 0.717) is 18.3 Å². The molecule has 8 heteroatoms. The molecule has 0 unspecified atom stereocenters. The molecule has 2 aromatic heterocycles. The van der Waals surface area contributed by atoms with Crippen LogP contribution in [-0.4, -0.2) is 30.2 Å². The lowest BCUT2D eigenvalue weighted by Gasteiger charge is -2.06. The van der Waals surface area contributed by atoms with E-state index in [2.05, 4.69) is 30.8 Å². The molecule has 0 aliphatic heterocycles. The Bertz CT molecular complexity index is 698. The van der Waals surface area contributed by atoms with Crippen molar-refractivity contribution in [1.82, 2.24) is 30.2 Å². The minimum absolute atomic E-state index is 0.164. The molecule has 20 heavy (non-hydrogen) atoms. The maximum absolute atomic E-state index is 5.73. The van der Waals surface area contributed by atoms with Gasteiger partial charge in [0, 0.05) is 6.20 Å². The van der Waals surface area contributed by atoms with Crippen LogP contribution in [0.1, 0.15) is 5.56 Å². The first kappa shape index (κ1) is 12.5. The summed E-state index contributed by atoms with van der Waals surface area (Å²) in [6.07, 6.45) is 1.56. The predicted molar refractivity (Wildman–Crippen MR) is 73.7 cm³/mol. The molecule has 1 aromatic carbocycles. The molecule has 3 aromatic rings. The zero-order valence-electron chi connectivity index (χ0n) is 10.3. The molecule has 0 bridgehead atoms. The summed E-state index contributed by atoms with van der Waals surface area (Å²) in [6.45, 7) is 0.564. The van der Waals surface area contributed by atoms with E-state index >= 15 is 0 Å². The van der Waals surface area contributed by atoms with Gasteiger partial charge < -0.3 is 5.32 Å². The number of nitrogens with one attached hydrogen (secondary N) is 1. The second-order valence-corrected chi connectivity index (χ2v) is 4.32. The third-order valence-electron chi connectivity index (χ3n) is 2.57. The van der Waals surface area contributed by atoms with Crippen LogP contribution in [-0.2, 0) is 6.54 Å². The normalized spacial score (nSPS) is 10.4. The fourth-order valence-corrected chi connectivity index (χ4v) is 1.82. The summed E-state index contributed by atoms with van der Waals surface area (Å²) in [5, 5.41) is 14.7. The number of benzene rings is 1. The van der Waals surface area contributed by atoms with E-state index in [9.17, 15) is 0 Å². The average molecular weight is 288 g/mol. The molecule has 0 radical (unpaired) electrons. The molecule has 1 N–H and O–H groups in total. The van der Waals surface area contributed by atoms with Crippen LogP contribution in [0.2, 0.25) is 5.28 Å². The van der Waals surface area contributed by atoms with Crippen LogP contribution in [0.3, 0.4) is 0 Å². The molecule has 3 rings (SSSR count). The minimum atomic E-state index is 0.164. The van der Waals surface area contributed by atoms with E-state index in [1.165, 1.54) is 0 Å². The zero-order valence-corrected chi connectivity index (χ0v) is 11.1. The topological polar surface area (TPSA) is 81.4 Å². The van der Waals surface area contributed by atoms with Gasteiger partial charge in [0.25, 0.3) is 0 Å². The third kappa shape index (κ3) is 2.89. The fraction of sp³-hybridized carbons (Fsp3) is 0.0833. The second kappa shape index (κ2) is 5.62. The van der Waals surface area contributed by atoms with Gasteiger partial charge in [-0.05, 0) is 33.7 Å². The van der Waals surface area contributed by atoms with Crippen LogP contribution in [0.4, 0.5) is 11.8 Å². The Morgan fingerprint density at radius 3 is 2.80 bits per heavy atom. The highest BCUT2D eigenvalue weighted by Crippen LogP contribution is 2.13. The quantitative estimate of drug-likeness (QED) is 0.738. The van der Waals surface area contributed by atoms with E-state index in [-0.39, 0.29) is 5.28 Å². The molecule has 0 fully saturated rings. The Hall–Kier alpha value is -2.54. The van der Waals surface area contributed by atoms with Gasteiger partial charge in [-0.1, -0.05) is 35.4 Å². The van der Waals surface area contributed by atoms with Crippen molar-refractivity contribution >= 4 is 23.4 Å². The molecule has 2 heterocycles. The van der Waals surface area contributed by atoms with Crippen molar-refractivity contribution in [3.05, 3.63) is 53.4 Å². The molecule has 0 aliphatic rings. The summed E-state index contributed by atoms with van der Waals surface area (Å²) >= 11 is 5.73. The number of hydrogen-bond donors (Lipinski definition) is 1. The minimum Gasteiger partial charge on any atom is -0.307 e. The van der Waals surface area contributed by atoms with Crippen LogP contribution in [0, 0.1) is 0 Å². The molecule has 0 amide bonds. The molecular formula is C12H10ClN7. The highest BCUT2D eigenvalue weighted by molar-refractivity contribution is 6.28. The van der Waals surface area contributed by atoms with E-state index in [0.717, 1.165) is 5.56 Å². The van der Waals surface area contributed by atoms with Gasteiger partial charge in [0.05, 0.1) is 6.54 Å². The number of nitrogens with zero attached hydrogens (tertiary/aromatic N) is 6. The van der Waals surface area contributed by atoms with Crippen LogP contribution < -0.4 is 5.32 Å². The number of hydrogen-bond acceptors (Lipinski definition) is 6. The average Bonchev–Trinajstić information content (AvgIpc) is 2.87. The third-order valence-corrected chi connectivity index (χ3v) is 2.76.